The lowest BCUT2D eigenvalue weighted by Gasteiger charge is -2.07. The number of pyridine rings is 1. The molecule has 4 N–H and O–H groups in total. The lowest BCUT2D eigenvalue weighted by molar-refractivity contribution is 0.280. The van der Waals surface area contributed by atoms with Crippen LogP contribution in [0.2, 0.25) is 0 Å². The molecule has 0 fully saturated rings. The second kappa shape index (κ2) is 6.12. The summed E-state index contributed by atoms with van der Waals surface area (Å²) in [5.41, 5.74) is 3.94. The molecule has 1 aromatic heterocycles. The van der Waals surface area contributed by atoms with Crippen LogP contribution < -0.4 is 10.7 Å². The largest absolute Gasteiger partial charge is 0.505 e. The molecule has 0 aromatic carbocycles. The van der Waals surface area contributed by atoms with Gasteiger partial charge in [0.05, 0.1) is 18.5 Å². The summed E-state index contributed by atoms with van der Waals surface area (Å²) in [6.07, 6.45) is 2.88. The summed E-state index contributed by atoms with van der Waals surface area (Å²) in [5, 5.41) is 25.8. The number of hydrazone groups is 1. The zero-order valence-corrected chi connectivity index (χ0v) is 10.4. The SMILES string of the molecule is CNC(=S)N/N=C/c1c(CO)cnc(C)c1O. The number of nitrogens with one attached hydrogen (secondary N) is 2. The van der Waals surface area contributed by atoms with Gasteiger partial charge in [-0.25, -0.2) is 0 Å². The fourth-order valence-corrected chi connectivity index (χ4v) is 1.19. The third-order valence-corrected chi connectivity index (χ3v) is 2.41. The van der Waals surface area contributed by atoms with E-state index in [0.29, 0.717) is 21.9 Å². The van der Waals surface area contributed by atoms with Crippen molar-refractivity contribution in [1.29, 1.82) is 0 Å². The van der Waals surface area contributed by atoms with Crippen LogP contribution in [0.3, 0.4) is 0 Å². The van der Waals surface area contributed by atoms with E-state index in [9.17, 15) is 5.11 Å². The summed E-state index contributed by atoms with van der Waals surface area (Å²) in [5.74, 6) is -0.00234. The van der Waals surface area contributed by atoms with Gasteiger partial charge in [-0.05, 0) is 19.1 Å². The number of hydrogen-bond donors (Lipinski definition) is 4. The number of aromatic hydroxyl groups is 1. The number of aliphatic hydroxyl groups excluding tert-OH is 1. The zero-order valence-electron chi connectivity index (χ0n) is 9.56. The average molecular weight is 254 g/mol. The van der Waals surface area contributed by atoms with Gasteiger partial charge in [-0.3, -0.25) is 10.4 Å². The van der Waals surface area contributed by atoms with Crippen molar-refractivity contribution in [2.75, 3.05) is 7.05 Å². The standard InChI is InChI=1S/C10H14N4O2S/c1-6-9(16)8(7(5-15)3-12-6)4-13-14-10(17)11-2/h3-4,15-16H,5H2,1-2H3,(H2,11,14,17)/b13-4+. The predicted octanol–water partition coefficient (Wildman–Crippen LogP) is 0.0157. The molecule has 1 aromatic rings. The van der Waals surface area contributed by atoms with Crippen LogP contribution in [-0.4, -0.2) is 33.6 Å². The molecule has 0 saturated heterocycles. The molecule has 0 aliphatic carbocycles. The first-order valence-corrected chi connectivity index (χ1v) is 5.30. The summed E-state index contributed by atoms with van der Waals surface area (Å²) < 4.78 is 0. The smallest absolute Gasteiger partial charge is 0.186 e. The Bertz CT molecular complexity index is 448. The van der Waals surface area contributed by atoms with Crippen LogP contribution >= 0.6 is 12.2 Å². The summed E-state index contributed by atoms with van der Waals surface area (Å²) in [6.45, 7) is 1.44. The van der Waals surface area contributed by atoms with Crippen molar-refractivity contribution in [3.8, 4) is 5.75 Å². The van der Waals surface area contributed by atoms with E-state index in [-0.39, 0.29) is 12.4 Å². The van der Waals surface area contributed by atoms with Crippen LogP contribution in [0.4, 0.5) is 0 Å². The minimum Gasteiger partial charge on any atom is -0.505 e. The summed E-state index contributed by atoms with van der Waals surface area (Å²) in [7, 11) is 1.66. The predicted molar refractivity (Wildman–Crippen MR) is 68.9 cm³/mol. The molecule has 0 saturated carbocycles. The normalized spacial score (nSPS) is 10.5. The number of thiocarbonyl (C=S) groups is 1. The highest BCUT2D eigenvalue weighted by atomic mass is 32.1. The minimum atomic E-state index is -0.224. The van der Waals surface area contributed by atoms with Crippen molar-refractivity contribution in [2.24, 2.45) is 5.10 Å². The monoisotopic (exact) mass is 254 g/mol. The maximum atomic E-state index is 9.79. The number of aryl methyl sites for hydroxylation is 1. The minimum absolute atomic E-state index is 0.00234. The number of nitrogens with zero attached hydrogens (tertiary/aromatic N) is 2. The van der Waals surface area contributed by atoms with Gasteiger partial charge in [-0.2, -0.15) is 5.10 Å². The van der Waals surface area contributed by atoms with Crippen molar-refractivity contribution in [2.45, 2.75) is 13.5 Å². The van der Waals surface area contributed by atoms with Gasteiger partial charge in [-0.1, -0.05) is 0 Å². The van der Waals surface area contributed by atoms with E-state index in [1.165, 1.54) is 12.4 Å². The highest BCUT2D eigenvalue weighted by molar-refractivity contribution is 7.80. The second-order valence-electron chi connectivity index (χ2n) is 3.24. The molecular formula is C10H14N4O2S. The maximum Gasteiger partial charge on any atom is 0.186 e. The molecule has 6 nitrogen and oxygen atoms in total. The van der Waals surface area contributed by atoms with E-state index in [2.05, 4.69) is 20.8 Å². The van der Waals surface area contributed by atoms with E-state index in [0.717, 1.165) is 0 Å². The van der Waals surface area contributed by atoms with Gasteiger partial charge in [0, 0.05) is 24.4 Å². The second-order valence-corrected chi connectivity index (χ2v) is 3.65. The summed E-state index contributed by atoms with van der Waals surface area (Å²) in [6, 6.07) is 0. The van der Waals surface area contributed by atoms with Crippen molar-refractivity contribution in [3.63, 3.8) is 0 Å². The van der Waals surface area contributed by atoms with Crippen molar-refractivity contribution in [3.05, 3.63) is 23.0 Å². The molecule has 7 heteroatoms. The Kier molecular flexibility index (Phi) is 4.80. The van der Waals surface area contributed by atoms with E-state index in [1.54, 1.807) is 14.0 Å². The fourth-order valence-electron chi connectivity index (χ4n) is 1.13. The third kappa shape index (κ3) is 3.36. The van der Waals surface area contributed by atoms with Crippen LogP contribution in [0, 0.1) is 6.92 Å². The van der Waals surface area contributed by atoms with Crippen LogP contribution in [0.15, 0.2) is 11.3 Å². The van der Waals surface area contributed by atoms with E-state index in [1.807, 2.05) is 0 Å². The van der Waals surface area contributed by atoms with E-state index >= 15 is 0 Å². The van der Waals surface area contributed by atoms with Gasteiger partial charge in [0.2, 0.25) is 0 Å². The average Bonchev–Trinajstić information content (AvgIpc) is 2.34. The summed E-state index contributed by atoms with van der Waals surface area (Å²) in [4.78, 5) is 3.94. The number of hydrogen-bond acceptors (Lipinski definition) is 5. The van der Waals surface area contributed by atoms with E-state index < -0.39 is 0 Å². The van der Waals surface area contributed by atoms with Crippen LogP contribution in [0.5, 0.6) is 5.75 Å². The zero-order chi connectivity index (χ0) is 12.8. The molecule has 0 aliphatic rings. The molecular weight excluding hydrogens is 240 g/mol. The van der Waals surface area contributed by atoms with Crippen LogP contribution in [0.25, 0.3) is 0 Å². The Morgan fingerprint density at radius 1 is 1.65 bits per heavy atom. The number of aromatic nitrogens is 1. The van der Waals surface area contributed by atoms with Gasteiger partial charge < -0.3 is 15.5 Å². The number of rotatable bonds is 3. The molecule has 1 heterocycles. The lowest BCUT2D eigenvalue weighted by Crippen LogP contribution is -2.28. The Morgan fingerprint density at radius 2 is 2.35 bits per heavy atom. The molecule has 0 aliphatic heterocycles. The maximum absolute atomic E-state index is 9.79. The van der Waals surface area contributed by atoms with Gasteiger partial charge in [0.1, 0.15) is 5.75 Å². The Labute approximate surface area is 104 Å². The first kappa shape index (κ1) is 13.3. The molecule has 1 rings (SSSR count). The molecule has 17 heavy (non-hydrogen) atoms. The molecule has 0 radical (unpaired) electrons. The lowest BCUT2D eigenvalue weighted by atomic mass is 10.1. The van der Waals surface area contributed by atoms with Crippen molar-refractivity contribution >= 4 is 23.5 Å². The molecule has 0 amide bonds. The third-order valence-electron chi connectivity index (χ3n) is 2.11. The van der Waals surface area contributed by atoms with E-state index in [4.69, 9.17) is 17.3 Å². The molecule has 0 spiro atoms. The summed E-state index contributed by atoms with van der Waals surface area (Å²) >= 11 is 4.83. The first-order chi connectivity index (χ1) is 8.10. The fraction of sp³-hybridized carbons (Fsp3) is 0.300. The van der Waals surface area contributed by atoms with Gasteiger partial charge in [0.25, 0.3) is 0 Å². The molecule has 92 valence electrons. The molecule has 0 bridgehead atoms. The quantitative estimate of drug-likeness (QED) is 0.345. The van der Waals surface area contributed by atoms with Crippen LogP contribution in [0.1, 0.15) is 16.8 Å². The Balaban J connectivity index is 2.96. The topological polar surface area (TPSA) is 89.8 Å². The highest BCUT2D eigenvalue weighted by Crippen LogP contribution is 2.21. The first-order valence-electron chi connectivity index (χ1n) is 4.89. The molecule has 0 atom stereocenters. The number of aliphatic hydroxyl groups is 1. The van der Waals surface area contributed by atoms with Crippen LogP contribution in [-0.2, 0) is 6.61 Å². The van der Waals surface area contributed by atoms with Gasteiger partial charge in [-0.15, -0.1) is 0 Å². The Morgan fingerprint density at radius 3 is 2.94 bits per heavy atom. The molecule has 0 unspecified atom stereocenters. The Hall–Kier alpha value is -1.73. The van der Waals surface area contributed by atoms with Crippen molar-refractivity contribution in [1.82, 2.24) is 15.7 Å². The van der Waals surface area contributed by atoms with Gasteiger partial charge >= 0.3 is 0 Å². The van der Waals surface area contributed by atoms with Gasteiger partial charge in [0.15, 0.2) is 5.11 Å². The van der Waals surface area contributed by atoms with Crippen molar-refractivity contribution < 1.29 is 10.2 Å². The highest BCUT2D eigenvalue weighted by Gasteiger charge is 2.08.